The van der Waals surface area contributed by atoms with Crippen molar-refractivity contribution in [2.24, 2.45) is 0 Å². The Morgan fingerprint density at radius 3 is 2.75 bits per heavy atom. The predicted molar refractivity (Wildman–Crippen MR) is 46.1 cm³/mol. The molecule has 0 aliphatic carbocycles. The highest BCUT2D eigenvalue weighted by atomic mass is 32.1. The molecule has 1 fully saturated rings. The standard InChI is InChI=1S/C7H8N4S/c8-5-6-9-7(10-12-6)11-3-1-2-4-11/h1-4H2. The van der Waals surface area contributed by atoms with Crippen molar-refractivity contribution in [1.29, 1.82) is 5.26 Å². The molecule has 0 atom stereocenters. The lowest BCUT2D eigenvalue weighted by Crippen LogP contribution is -2.18. The molecular weight excluding hydrogens is 172 g/mol. The van der Waals surface area contributed by atoms with Gasteiger partial charge in [0.15, 0.2) is 0 Å². The Labute approximate surface area is 74.6 Å². The summed E-state index contributed by atoms with van der Waals surface area (Å²) in [7, 11) is 0. The topological polar surface area (TPSA) is 52.8 Å². The van der Waals surface area contributed by atoms with Crippen LogP contribution in [0.2, 0.25) is 0 Å². The number of hydrogen-bond donors (Lipinski definition) is 0. The first kappa shape index (κ1) is 7.50. The maximum Gasteiger partial charge on any atom is 0.238 e. The number of nitrogens with zero attached hydrogens (tertiary/aromatic N) is 4. The maximum absolute atomic E-state index is 8.53. The first-order valence-electron chi connectivity index (χ1n) is 3.89. The minimum Gasteiger partial charge on any atom is -0.340 e. The minimum absolute atomic E-state index is 0.455. The monoisotopic (exact) mass is 180 g/mol. The van der Waals surface area contributed by atoms with Crippen molar-refractivity contribution in [1.82, 2.24) is 9.36 Å². The van der Waals surface area contributed by atoms with Crippen molar-refractivity contribution in [3.63, 3.8) is 0 Å². The molecule has 0 spiro atoms. The fourth-order valence-electron chi connectivity index (χ4n) is 1.31. The van der Waals surface area contributed by atoms with Gasteiger partial charge in [0.2, 0.25) is 11.0 Å². The normalized spacial score (nSPS) is 16.4. The molecule has 0 amide bonds. The van der Waals surface area contributed by atoms with Gasteiger partial charge < -0.3 is 4.90 Å². The Kier molecular flexibility index (Phi) is 1.92. The van der Waals surface area contributed by atoms with E-state index in [1.807, 2.05) is 6.07 Å². The lowest BCUT2D eigenvalue weighted by atomic mass is 10.4. The summed E-state index contributed by atoms with van der Waals surface area (Å²) in [5.41, 5.74) is 0. The highest BCUT2D eigenvalue weighted by Crippen LogP contribution is 2.17. The van der Waals surface area contributed by atoms with E-state index < -0.39 is 0 Å². The van der Waals surface area contributed by atoms with E-state index in [-0.39, 0.29) is 0 Å². The summed E-state index contributed by atoms with van der Waals surface area (Å²) in [4.78, 5) is 6.21. The van der Waals surface area contributed by atoms with Crippen LogP contribution in [-0.2, 0) is 0 Å². The van der Waals surface area contributed by atoms with Crippen LogP contribution in [-0.4, -0.2) is 22.4 Å². The molecule has 2 rings (SSSR count). The van der Waals surface area contributed by atoms with E-state index in [0.717, 1.165) is 19.0 Å². The quantitative estimate of drug-likeness (QED) is 0.647. The fraction of sp³-hybridized carbons (Fsp3) is 0.571. The van der Waals surface area contributed by atoms with Gasteiger partial charge in [-0.15, -0.1) is 0 Å². The van der Waals surface area contributed by atoms with Crippen molar-refractivity contribution in [3.8, 4) is 6.07 Å². The Morgan fingerprint density at radius 1 is 1.42 bits per heavy atom. The molecule has 0 saturated carbocycles. The molecule has 2 heterocycles. The molecule has 1 aromatic heterocycles. The van der Waals surface area contributed by atoms with Crippen molar-refractivity contribution in [2.45, 2.75) is 12.8 Å². The SMILES string of the molecule is N#Cc1nc(N2CCCC2)ns1. The van der Waals surface area contributed by atoms with Crippen LogP contribution in [0.4, 0.5) is 5.95 Å². The molecule has 1 aliphatic rings. The Hall–Kier alpha value is -1.15. The van der Waals surface area contributed by atoms with Gasteiger partial charge in [0.25, 0.3) is 0 Å². The van der Waals surface area contributed by atoms with E-state index in [2.05, 4.69) is 14.3 Å². The second-order valence-electron chi connectivity index (χ2n) is 2.71. The smallest absolute Gasteiger partial charge is 0.238 e. The van der Waals surface area contributed by atoms with Crippen LogP contribution < -0.4 is 4.90 Å². The van der Waals surface area contributed by atoms with Crippen LogP contribution in [0.15, 0.2) is 0 Å². The van der Waals surface area contributed by atoms with Gasteiger partial charge in [-0.1, -0.05) is 0 Å². The summed E-state index contributed by atoms with van der Waals surface area (Å²) < 4.78 is 4.10. The van der Waals surface area contributed by atoms with Crippen LogP contribution in [0.1, 0.15) is 17.8 Å². The average molecular weight is 180 g/mol. The highest BCUT2D eigenvalue weighted by Gasteiger charge is 2.16. The second kappa shape index (κ2) is 3.07. The molecule has 1 aliphatic heterocycles. The fourth-order valence-corrected chi connectivity index (χ4v) is 1.79. The van der Waals surface area contributed by atoms with E-state index in [9.17, 15) is 0 Å². The Morgan fingerprint density at radius 2 is 2.17 bits per heavy atom. The van der Waals surface area contributed by atoms with Crippen molar-refractivity contribution in [3.05, 3.63) is 5.01 Å². The number of nitriles is 1. The first-order chi connectivity index (χ1) is 5.90. The molecule has 0 aromatic carbocycles. The predicted octanol–water partition coefficient (Wildman–Crippen LogP) is 1.01. The van der Waals surface area contributed by atoms with Crippen LogP contribution in [0.3, 0.4) is 0 Å². The molecule has 1 aromatic rings. The molecule has 0 N–H and O–H groups in total. The van der Waals surface area contributed by atoms with Crippen molar-refractivity contribution in [2.75, 3.05) is 18.0 Å². The third-order valence-electron chi connectivity index (χ3n) is 1.90. The summed E-state index contributed by atoms with van der Waals surface area (Å²) in [5, 5.41) is 8.99. The van der Waals surface area contributed by atoms with Crippen LogP contribution in [0.25, 0.3) is 0 Å². The van der Waals surface area contributed by atoms with Gasteiger partial charge >= 0.3 is 0 Å². The minimum atomic E-state index is 0.455. The van der Waals surface area contributed by atoms with Gasteiger partial charge in [-0.25, -0.2) is 0 Å². The number of anilines is 1. The second-order valence-corrected chi connectivity index (χ2v) is 3.46. The van der Waals surface area contributed by atoms with E-state index in [1.54, 1.807) is 0 Å². The third-order valence-corrected chi connectivity index (χ3v) is 2.51. The molecule has 5 heteroatoms. The molecule has 0 radical (unpaired) electrons. The summed E-state index contributed by atoms with van der Waals surface area (Å²) >= 11 is 1.17. The molecule has 0 unspecified atom stereocenters. The average Bonchev–Trinajstić information content (AvgIpc) is 2.75. The van der Waals surface area contributed by atoms with E-state index >= 15 is 0 Å². The first-order valence-corrected chi connectivity index (χ1v) is 4.66. The third kappa shape index (κ3) is 1.25. The zero-order valence-corrected chi connectivity index (χ0v) is 7.34. The summed E-state index contributed by atoms with van der Waals surface area (Å²) in [6, 6.07) is 1.99. The summed E-state index contributed by atoms with van der Waals surface area (Å²) in [6.45, 7) is 2.06. The van der Waals surface area contributed by atoms with E-state index in [0.29, 0.717) is 5.01 Å². The lowest BCUT2D eigenvalue weighted by Gasteiger charge is -2.10. The van der Waals surface area contributed by atoms with Crippen molar-refractivity contribution < 1.29 is 0 Å². The van der Waals surface area contributed by atoms with E-state index in [4.69, 9.17) is 5.26 Å². The van der Waals surface area contributed by atoms with Crippen molar-refractivity contribution >= 4 is 17.5 Å². The van der Waals surface area contributed by atoms with Gasteiger partial charge in [-0.2, -0.15) is 14.6 Å². The molecule has 0 bridgehead atoms. The number of hydrogen-bond acceptors (Lipinski definition) is 5. The van der Waals surface area contributed by atoms with Gasteiger partial charge in [0, 0.05) is 13.1 Å². The van der Waals surface area contributed by atoms with Crippen LogP contribution in [0.5, 0.6) is 0 Å². The summed E-state index contributed by atoms with van der Waals surface area (Å²) in [5.74, 6) is 0.731. The maximum atomic E-state index is 8.53. The highest BCUT2D eigenvalue weighted by molar-refractivity contribution is 7.06. The zero-order chi connectivity index (χ0) is 8.39. The van der Waals surface area contributed by atoms with Gasteiger partial charge in [0.1, 0.15) is 6.07 Å². The molecular formula is C7H8N4S. The van der Waals surface area contributed by atoms with Crippen LogP contribution >= 0.6 is 11.5 Å². The Bertz CT molecular complexity index is 307. The largest absolute Gasteiger partial charge is 0.340 e. The number of rotatable bonds is 1. The molecule has 12 heavy (non-hydrogen) atoms. The van der Waals surface area contributed by atoms with Gasteiger partial charge in [-0.05, 0) is 24.4 Å². The van der Waals surface area contributed by atoms with E-state index in [1.165, 1.54) is 24.4 Å². The number of aromatic nitrogens is 2. The molecule has 62 valence electrons. The summed E-state index contributed by atoms with van der Waals surface area (Å²) in [6.07, 6.45) is 2.42. The van der Waals surface area contributed by atoms with Gasteiger partial charge in [-0.3, -0.25) is 0 Å². The molecule has 1 saturated heterocycles. The zero-order valence-electron chi connectivity index (χ0n) is 6.53. The van der Waals surface area contributed by atoms with Crippen LogP contribution in [0, 0.1) is 11.3 Å². The molecule has 4 nitrogen and oxygen atoms in total. The lowest BCUT2D eigenvalue weighted by molar-refractivity contribution is 0.920. The van der Waals surface area contributed by atoms with Gasteiger partial charge in [0.05, 0.1) is 0 Å². The Balaban J connectivity index is 2.17.